The summed E-state index contributed by atoms with van der Waals surface area (Å²) in [6, 6.07) is 13.7. The summed E-state index contributed by atoms with van der Waals surface area (Å²) in [6.45, 7) is -0.414. The Balaban J connectivity index is 1.56. The predicted molar refractivity (Wildman–Crippen MR) is 122 cm³/mol. The molecule has 0 fully saturated rings. The third-order valence-electron chi connectivity index (χ3n) is 4.03. The van der Waals surface area contributed by atoms with Crippen LogP contribution in [0.4, 0.5) is 4.39 Å². The Morgan fingerprint density at radius 2 is 1.94 bits per heavy atom. The van der Waals surface area contributed by atoms with Gasteiger partial charge in [-0.25, -0.2) is 14.6 Å². The van der Waals surface area contributed by atoms with Crippen LogP contribution < -0.4 is 15.5 Å². The van der Waals surface area contributed by atoms with Crippen molar-refractivity contribution in [2.24, 2.45) is 5.10 Å². The first-order valence-corrected chi connectivity index (χ1v) is 10.3. The fourth-order valence-electron chi connectivity index (χ4n) is 2.51. The molecule has 0 aliphatic carbocycles. The molecule has 0 radical (unpaired) electrons. The van der Waals surface area contributed by atoms with Gasteiger partial charge >= 0.3 is 5.97 Å². The maximum atomic E-state index is 13.6. The van der Waals surface area contributed by atoms with Crippen LogP contribution in [0.2, 0.25) is 0 Å². The van der Waals surface area contributed by atoms with Crippen LogP contribution in [0.15, 0.2) is 80.9 Å². The van der Waals surface area contributed by atoms with E-state index in [1.807, 2.05) is 0 Å². The van der Waals surface area contributed by atoms with Crippen molar-refractivity contribution in [3.05, 3.63) is 94.1 Å². The van der Waals surface area contributed by atoms with Crippen LogP contribution in [0.25, 0.3) is 6.08 Å². The second kappa shape index (κ2) is 11.5. The Kier molecular flexibility index (Phi) is 8.25. The number of carbonyl (C=O) groups is 3. The van der Waals surface area contributed by atoms with Crippen LogP contribution in [0, 0.1) is 5.82 Å². The first-order chi connectivity index (χ1) is 15.9. The molecule has 0 saturated carbocycles. The van der Waals surface area contributed by atoms with Crippen molar-refractivity contribution < 1.29 is 27.9 Å². The molecule has 0 unspecified atom stereocenters. The fraction of sp³-hybridized carbons (Fsp3) is 0.0435. The fourth-order valence-corrected chi connectivity index (χ4v) is 2.89. The van der Waals surface area contributed by atoms with Gasteiger partial charge in [0.25, 0.3) is 11.8 Å². The maximum Gasteiger partial charge on any atom is 0.336 e. The predicted octanol–water partition coefficient (Wildman–Crippen LogP) is 3.68. The average molecular weight is 514 g/mol. The van der Waals surface area contributed by atoms with Crippen LogP contribution in [-0.4, -0.2) is 30.5 Å². The zero-order valence-electron chi connectivity index (χ0n) is 17.0. The monoisotopic (exact) mass is 513 g/mol. The number of furan rings is 1. The van der Waals surface area contributed by atoms with Gasteiger partial charge in [-0.1, -0.05) is 28.1 Å². The highest BCUT2D eigenvalue weighted by Crippen LogP contribution is 2.22. The summed E-state index contributed by atoms with van der Waals surface area (Å²) in [5, 5.41) is 6.11. The summed E-state index contributed by atoms with van der Waals surface area (Å²) in [6.07, 6.45) is 5.43. The van der Waals surface area contributed by atoms with Crippen molar-refractivity contribution in [1.82, 2.24) is 10.7 Å². The lowest BCUT2D eigenvalue weighted by Crippen LogP contribution is -2.35. The summed E-state index contributed by atoms with van der Waals surface area (Å²) in [5.74, 6) is -1.98. The van der Waals surface area contributed by atoms with Gasteiger partial charge in [-0.15, -0.1) is 0 Å². The first kappa shape index (κ1) is 23.6. The van der Waals surface area contributed by atoms with Crippen molar-refractivity contribution in [3.63, 3.8) is 0 Å². The van der Waals surface area contributed by atoms with Crippen LogP contribution in [0.5, 0.6) is 5.75 Å². The average Bonchev–Trinajstić information content (AvgIpc) is 3.32. The molecule has 0 saturated heterocycles. The molecule has 1 aromatic heterocycles. The van der Waals surface area contributed by atoms with E-state index in [1.54, 1.807) is 30.3 Å². The molecule has 0 aliphatic rings. The van der Waals surface area contributed by atoms with Gasteiger partial charge in [-0.2, -0.15) is 5.10 Å². The van der Waals surface area contributed by atoms with Crippen molar-refractivity contribution in [2.45, 2.75) is 0 Å². The number of amides is 2. The van der Waals surface area contributed by atoms with Gasteiger partial charge in [-0.05, 0) is 48.5 Å². The lowest BCUT2D eigenvalue weighted by molar-refractivity contribution is -0.129. The molecule has 0 spiro atoms. The topological polar surface area (TPSA) is 110 Å². The molecule has 3 aromatic rings. The highest BCUT2D eigenvalue weighted by molar-refractivity contribution is 9.10. The number of hydrogen-bond acceptors (Lipinski definition) is 6. The lowest BCUT2D eigenvalue weighted by Gasteiger charge is -2.07. The third-order valence-corrected chi connectivity index (χ3v) is 4.52. The summed E-state index contributed by atoms with van der Waals surface area (Å²) < 4.78 is 24.7. The van der Waals surface area contributed by atoms with Crippen molar-refractivity contribution in [2.75, 3.05) is 6.54 Å². The minimum atomic E-state index is -0.726. The van der Waals surface area contributed by atoms with Crippen molar-refractivity contribution >= 4 is 46.0 Å². The standard InChI is InChI=1S/C23H17BrFN3O5/c24-16-7-9-20(33-22(30)10-8-17-4-3-11-32-17)15(12-16)13-27-28-21(29)14-26-23(31)18-5-1-2-6-19(18)25/h1-13H,14H2,(H,26,31)(H,28,29)/b10-8+,27-13+. The zero-order valence-corrected chi connectivity index (χ0v) is 18.5. The summed E-state index contributed by atoms with van der Waals surface area (Å²) in [5.41, 5.74) is 2.47. The van der Waals surface area contributed by atoms with Crippen molar-refractivity contribution in [1.29, 1.82) is 0 Å². The first-order valence-electron chi connectivity index (χ1n) is 9.50. The molecule has 1 heterocycles. The quantitative estimate of drug-likeness (QED) is 0.157. The number of hydrazone groups is 1. The number of nitrogens with one attached hydrogen (secondary N) is 2. The molecule has 10 heteroatoms. The maximum absolute atomic E-state index is 13.6. The number of esters is 1. The van der Waals surface area contributed by atoms with E-state index in [0.29, 0.717) is 15.8 Å². The van der Waals surface area contributed by atoms with Crippen LogP contribution >= 0.6 is 15.9 Å². The number of hydrogen-bond donors (Lipinski definition) is 2. The van der Waals surface area contributed by atoms with Gasteiger partial charge in [0.05, 0.1) is 24.6 Å². The Morgan fingerprint density at radius 1 is 1.12 bits per heavy atom. The molecule has 2 N–H and O–H groups in total. The number of halogens is 2. The van der Waals surface area contributed by atoms with E-state index in [2.05, 4.69) is 31.8 Å². The molecular formula is C23H17BrFN3O5. The van der Waals surface area contributed by atoms with Crippen LogP contribution in [0.3, 0.4) is 0 Å². The highest BCUT2D eigenvalue weighted by atomic mass is 79.9. The van der Waals surface area contributed by atoms with E-state index in [9.17, 15) is 18.8 Å². The molecule has 33 heavy (non-hydrogen) atoms. The van der Waals surface area contributed by atoms with E-state index >= 15 is 0 Å². The van der Waals surface area contributed by atoms with Crippen LogP contribution in [0.1, 0.15) is 21.7 Å². The number of benzene rings is 2. The van der Waals surface area contributed by atoms with Crippen molar-refractivity contribution in [3.8, 4) is 5.75 Å². The summed E-state index contributed by atoms with van der Waals surface area (Å²) >= 11 is 3.32. The Labute approximate surface area is 196 Å². The number of ether oxygens (including phenoxy) is 1. The van der Waals surface area contributed by atoms with Gasteiger partial charge in [0, 0.05) is 16.1 Å². The summed E-state index contributed by atoms with van der Waals surface area (Å²) in [7, 11) is 0. The smallest absolute Gasteiger partial charge is 0.336 e. The second-order valence-electron chi connectivity index (χ2n) is 6.41. The van der Waals surface area contributed by atoms with Gasteiger partial charge < -0.3 is 14.5 Å². The zero-order chi connectivity index (χ0) is 23.6. The number of rotatable bonds is 8. The summed E-state index contributed by atoms with van der Waals surface area (Å²) in [4.78, 5) is 36.0. The Hall–Kier alpha value is -4.05. The van der Waals surface area contributed by atoms with Gasteiger partial charge in [-0.3, -0.25) is 9.59 Å². The molecular weight excluding hydrogens is 497 g/mol. The minimum absolute atomic E-state index is 0.171. The SMILES string of the molecule is O=C(CNC(=O)c1ccccc1F)N/N=C/c1cc(Br)ccc1OC(=O)/C=C/c1ccco1. The van der Waals surface area contributed by atoms with Gasteiger partial charge in [0.2, 0.25) is 0 Å². The highest BCUT2D eigenvalue weighted by Gasteiger charge is 2.12. The molecule has 0 atom stereocenters. The van der Waals surface area contributed by atoms with E-state index in [-0.39, 0.29) is 11.3 Å². The molecule has 8 nitrogen and oxygen atoms in total. The third kappa shape index (κ3) is 7.25. The molecule has 2 aromatic carbocycles. The van der Waals surface area contributed by atoms with Crippen LogP contribution in [-0.2, 0) is 9.59 Å². The molecule has 2 amide bonds. The molecule has 0 bridgehead atoms. The molecule has 0 aliphatic heterocycles. The van der Waals surface area contributed by atoms with E-state index in [4.69, 9.17) is 9.15 Å². The van der Waals surface area contributed by atoms with E-state index in [0.717, 1.165) is 6.07 Å². The number of nitrogens with zero attached hydrogens (tertiary/aromatic N) is 1. The molecule has 3 rings (SSSR count). The lowest BCUT2D eigenvalue weighted by atomic mass is 10.2. The van der Waals surface area contributed by atoms with Gasteiger partial charge in [0.1, 0.15) is 17.3 Å². The van der Waals surface area contributed by atoms with E-state index in [1.165, 1.54) is 42.8 Å². The number of carbonyl (C=O) groups excluding carboxylic acids is 3. The second-order valence-corrected chi connectivity index (χ2v) is 7.32. The Bertz CT molecular complexity index is 1210. The largest absolute Gasteiger partial charge is 0.465 e. The minimum Gasteiger partial charge on any atom is -0.465 e. The van der Waals surface area contributed by atoms with E-state index < -0.39 is 30.1 Å². The van der Waals surface area contributed by atoms with Gasteiger partial charge in [0.15, 0.2) is 0 Å². The Morgan fingerprint density at radius 3 is 2.70 bits per heavy atom. The normalized spacial score (nSPS) is 11.0. The molecule has 168 valence electrons.